The fraction of sp³-hybridized carbons (Fsp3) is 0.688. The molecular weight excluding hydrogens is 282 g/mol. The lowest BCUT2D eigenvalue weighted by atomic mass is 10.2. The van der Waals surface area contributed by atoms with Gasteiger partial charge in [-0.2, -0.15) is 0 Å². The van der Waals surface area contributed by atoms with Gasteiger partial charge in [0.2, 0.25) is 18.2 Å². The first-order valence-corrected chi connectivity index (χ1v) is 8.12. The SMILES string of the molecule is C[C@@H]1C[C@@H]2C[C@@H]2N1C(=O)/C=C/C(=O)N1[C@H](NC=O)C[C@@H]2C[C@@H]21. The van der Waals surface area contributed by atoms with E-state index in [2.05, 4.69) is 12.2 Å². The van der Waals surface area contributed by atoms with E-state index in [0.29, 0.717) is 24.3 Å². The van der Waals surface area contributed by atoms with Gasteiger partial charge in [-0.3, -0.25) is 14.4 Å². The van der Waals surface area contributed by atoms with Crippen LogP contribution in [0, 0.1) is 11.8 Å². The fourth-order valence-corrected chi connectivity index (χ4v) is 4.40. The first kappa shape index (κ1) is 13.8. The minimum atomic E-state index is -0.216. The maximum atomic E-state index is 12.4. The third-order valence-corrected chi connectivity index (χ3v) is 5.60. The van der Waals surface area contributed by atoms with Gasteiger partial charge in [-0.15, -0.1) is 0 Å². The maximum Gasteiger partial charge on any atom is 0.248 e. The standard InChI is InChI=1S/C16H21N3O3/c1-9-4-10-5-12(10)18(9)15(21)2-3-16(22)19-13-6-11(13)7-14(19)17-8-20/h2-3,8-14H,4-7H2,1H3,(H,17,20)/b3-2+/t9-,10-,11+,12+,13+,14+/m1/s1. The molecule has 6 atom stereocenters. The Morgan fingerprint density at radius 3 is 2.14 bits per heavy atom. The Kier molecular flexibility index (Phi) is 3.03. The maximum absolute atomic E-state index is 12.4. The number of nitrogens with one attached hydrogen (secondary N) is 1. The summed E-state index contributed by atoms with van der Waals surface area (Å²) in [5.41, 5.74) is 0. The highest BCUT2D eigenvalue weighted by molar-refractivity contribution is 5.97. The molecule has 2 saturated carbocycles. The summed E-state index contributed by atoms with van der Waals surface area (Å²) in [6.07, 6.45) is 7.24. The monoisotopic (exact) mass is 303 g/mol. The van der Waals surface area contributed by atoms with Gasteiger partial charge in [-0.05, 0) is 44.4 Å². The largest absolute Gasteiger partial charge is 0.338 e. The topological polar surface area (TPSA) is 69.7 Å². The van der Waals surface area contributed by atoms with Crippen LogP contribution in [0.2, 0.25) is 0 Å². The smallest absolute Gasteiger partial charge is 0.248 e. The van der Waals surface area contributed by atoms with E-state index < -0.39 is 0 Å². The molecule has 22 heavy (non-hydrogen) atoms. The molecular formula is C16H21N3O3. The van der Waals surface area contributed by atoms with Crippen LogP contribution in [0.3, 0.4) is 0 Å². The zero-order valence-corrected chi connectivity index (χ0v) is 12.6. The van der Waals surface area contributed by atoms with Crippen LogP contribution in [0.15, 0.2) is 12.2 Å². The van der Waals surface area contributed by atoms with Crippen molar-refractivity contribution in [2.45, 2.75) is 56.9 Å². The van der Waals surface area contributed by atoms with E-state index in [1.54, 1.807) is 4.90 Å². The Morgan fingerprint density at radius 1 is 0.955 bits per heavy atom. The number of rotatable bonds is 4. The molecule has 118 valence electrons. The van der Waals surface area contributed by atoms with Crippen molar-refractivity contribution in [3.05, 3.63) is 12.2 Å². The van der Waals surface area contributed by atoms with Crippen LogP contribution < -0.4 is 5.32 Å². The summed E-state index contributed by atoms with van der Waals surface area (Å²) in [7, 11) is 0. The number of carbonyl (C=O) groups is 3. The molecule has 2 aliphatic heterocycles. The summed E-state index contributed by atoms with van der Waals surface area (Å²) in [4.78, 5) is 39.0. The van der Waals surface area contributed by atoms with E-state index >= 15 is 0 Å². The molecule has 6 nitrogen and oxygen atoms in total. The van der Waals surface area contributed by atoms with E-state index in [9.17, 15) is 14.4 Å². The zero-order chi connectivity index (χ0) is 15.4. The third kappa shape index (κ3) is 2.12. The first-order chi connectivity index (χ1) is 10.6. The van der Waals surface area contributed by atoms with Crippen molar-refractivity contribution in [2.24, 2.45) is 11.8 Å². The summed E-state index contributed by atoms with van der Waals surface area (Å²) in [6, 6.07) is 0.912. The number of hydrogen-bond donors (Lipinski definition) is 1. The Balaban J connectivity index is 1.40. The van der Waals surface area contributed by atoms with Gasteiger partial charge < -0.3 is 15.1 Å². The second-order valence-corrected chi connectivity index (χ2v) is 7.07. The molecule has 0 aromatic carbocycles. The van der Waals surface area contributed by atoms with Crippen LogP contribution in [-0.4, -0.2) is 52.3 Å². The van der Waals surface area contributed by atoms with Gasteiger partial charge >= 0.3 is 0 Å². The molecule has 0 bridgehead atoms. The van der Waals surface area contributed by atoms with Crippen molar-refractivity contribution >= 4 is 18.2 Å². The summed E-state index contributed by atoms with van der Waals surface area (Å²) in [6.45, 7) is 2.07. The molecule has 6 heteroatoms. The summed E-state index contributed by atoms with van der Waals surface area (Å²) < 4.78 is 0. The van der Waals surface area contributed by atoms with Crippen molar-refractivity contribution in [3.63, 3.8) is 0 Å². The highest BCUT2D eigenvalue weighted by Crippen LogP contribution is 2.48. The molecule has 0 unspecified atom stereocenters. The van der Waals surface area contributed by atoms with Gasteiger partial charge in [0.1, 0.15) is 6.17 Å². The third-order valence-electron chi connectivity index (χ3n) is 5.60. The molecule has 0 aromatic heterocycles. The van der Waals surface area contributed by atoms with Gasteiger partial charge in [0.15, 0.2) is 0 Å². The molecule has 4 aliphatic rings. The Labute approximate surface area is 129 Å². The number of piperidine rings is 2. The summed E-state index contributed by atoms with van der Waals surface area (Å²) in [5, 5.41) is 2.70. The highest BCUT2D eigenvalue weighted by Gasteiger charge is 2.54. The minimum absolute atomic E-state index is 0.0581. The Morgan fingerprint density at radius 2 is 1.55 bits per heavy atom. The van der Waals surface area contributed by atoms with E-state index in [1.165, 1.54) is 12.2 Å². The van der Waals surface area contributed by atoms with Crippen LogP contribution in [0.25, 0.3) is 0 Å². The average Bonchev–Trinajstić information content (AvgIpc) is 3.35. The Hall–Kier alpha value is -1.85. The lowest BCUT2D eigenvalue weighted by Gasteiger charge is -2.26. The molecule has 0 radical (unpaired) electrons. The second-order valence-electron chi connectivity index (χ2n) is 7.07. The van der Waals surface area contributed by atoms with Crippen LogP contribution in [0.5, 0.6) is 0 Å². The van der Waals surface area contributed by atoms with Gasteiger partial charge in [0, 0.05) is 30.3 Å². The quantitative estimate of drug-likeness (QED) is 0.598. The van der Waals surface area contributed by atoms with Crippen LogP contribution >= 0.6 is 0 Å². The molecule has 2 heterocycles. The van der Waals surface area contributed by atoms with Gasteiger partial charge in [0.05, 0.1) is 0 Å². The van der Waals surface area contributed by atoms with Gasteiger partial charge in [0.25, 0.3) is 0 Å². The summed E-state index contributed by atoms with van der Waals surface area (Å²) >= 11 is 0. The predicted molar refractivity (Wildman–Crippen MR) is 78.3 cm³/mol. The lowest BCUT2D eigenvalue weighted by molar-refractivity contribution is -0.131. The number of amides is 3. The van der Waals surface area contributed by atoms with Crippen LogP contribution in [0.1, 0.15) is 32.6 Å². The first-order valence-electron chi connectivity index (χ1n) is 8.12. The predicted octanol–water partition coefficient (Wildman–Crippen LogP) is 0.245. The number of nitrogens with zero attached hydrogens (tertiary/aromatic N) is 2. The van der Waals surface area contributed by atoms with Crippen molar-refractivity contribution in [2.75, 3.05) is 0 Å². The van der Waals surface area contributed by atoms with E-state index in [0.717, 1.165) is 25.7 Å². The van der Waals surface area contributed by atoms with Crippen LogP contribution in [-0.2, 0) is 14.4 Å². The van der Waals surface area contributed by atoms with E-state index in [4.69, 9.17) is 0 Å². The van der Waals surface area contributed by atoms with Crippen LogP contribution in [0.4, 0.5) is 0 Å². The second kappa shape index (κ2) is 4.83. The zero-order valence-electron chi connectivity index (χ0n) is 12.6. The molecule has 0 aromatic rings. The fourth-order valence-electron chi connectivity index (χ4n) is 4.40. The lowest BCUT2D eigenvalue weighted by Crippen LogP contribution is -2.46. The van der Waals surface area contributed by atoms with Crippen molar-refractivity contribution in [1.82, 2.24) is 15.1 Å². The number of fused-ring (bicyclic) bond motifs is 2. The molecule has 0 spiro atoms. The highest BCUT2D eigenvalue weighted by atomic mass is 16.2. The number of likely N-dealkylation sites (tertiary alicyclic amines) is 2. The van der Waals surface area contributed by atoms with Crippen molar-refractivity contribution < 1.29 is 14.4 Å². The van der Waals surface area contributed by atoms with Gasteiger partial charge in [-0.25, -0.2) is 0 Å². The molecule has 1 N–H and O–H groups in total. The summed E-state index contributed by atoms with van der Waals surface area (Å²) in [5.74, 6) is 0.959. The normalized spacial score (nSPS) is 41.3. The van der Waals surface area contributed by atoms with E-state index in [1.807, 2.05) is 4.90 Å². The minimum Gasteiger partial charge on any atom is -0.338 e. The van der Waals surface area contributed by atoms with E-state index in [-0.39, 0.29) is 30.1 Å². The van der Waals surface area contributed by atoms with Gasteiger partial charge in [-0.1, -0.05) is 0 Å². The van der Waals surface area contributed by atoms with Crippen molar-refractivity contribution in [1.29, 1.82) is 0 Å². The number of carbonyl (C=O) groups excluding carboxylic acids is 3. The molecule has 4 fully saturated rings. The molecule has 4 rings (SSSR count). The Bertz CT molecular complexity index is 559. The molecule has 3 amide bonds. The molecule has 2 aliphatic carbocycles. The number of hydrogen-bond acceptors (Lipinski definition) is 3. The van der Waals surface area contributed by atoms with Crippen molar-refractivity contribution in [3.8, 4) is 0 Å². The molecule has 2 saturated heterocycles. The average molecular weight is 303 g/mol.